The standard InChI is InChI=1S/C26H28N2O3/c1-3-19(2)21-13-8-10-16-24(21)31-18-25(29)28-23-15-9-7-14-22(23)26(30)27-17-20-11-5-4-6-12-20/h4-16,19H,3,17-18H2,1-2H3,(H,27,30)(H,28,29). The summed E-state index contributed by atoms with van der Waals surface area (Å²) < 4.78 is 5.79. The second-order valence-corrected chi connectivity index (χ2v) is 7.40. The summed E-state index contributed by atoms with van der Waals surface area (Å²) in [7, 11) is 0. The Labute approximate surface area is 183 Å². The first-order chi connectivity index (χ1) is 15.1. The summed E-state index contributed by atoms with van der Waals surface area (Å²) >= 11 is 0. The molecule has 0 aliphatic heterocycles. The van der Waals surface area contributed by atoms with Crippen LogP contribution in [0.3, 0.4) is 0 Å². The normalized spacial score (nSPS) is 11.4. The number of rotatable bonds is 9. The number of amides is 2. The molecule has 1 atom stereocenters. The third-order valence-corrected chi connectivity index (χ3v) is 5.16. The molecular weight excluding hydrogens is 388 g/mol. The van der Waals surface area contributed by atoms with E-state index in [2.05, 4.69) is 24.5 Å². The van der Waals surface area contributed by atoms with E-state index in [0.717, 1.165) is 17.5 Å². The highest BCUT2D eigenvalue weighted by Gasteiger charge is 2.15. The second kappa shape index (κ2) is 11.0. The first-order valence-electron chi connectivity index (χ1n) is 10.5. The second-order valence-electron chi connectivity index (χ2n) is 7.40. The highest BCUT2D eigenvalue weighted by molar-refractivity contribution is 6.04. The summed E-state index contributed by atoms with van der Waals surface area (Å²) in [5.74, 6) is 0.485. The summed E-state index contributed by atoms with van der Waals surface area (Å²) in [5, 5.41) is 5.69. The van der Waals surface area contributed by atoms with Crippen molar-refractivity contribution in [2.24, 2.45) is 0 Å². The molecule has 0 spiro atoms. The van der Waals surface area contributed by atoms with E-state index in [1.54, 1.807) is 24.3 Å². The molecule has 5 nitrogen and oxygen atoms in total. The number of hydrogen-bond acceptors (Lipinski definition) is 3. The van der Waals surface area contributed by atoms with Crippen LogP contribution in [0.15, 0.2) is 78.9 Å². The van der Waals surface area contributed by atoms with E-state index < -0.39 is 0 Å². The fraction of sp³-hybridized carbons (Fsp3) is 0.231. The molecule has 0 bridgehead atoms. The van der Waals surface area contributed by atoms with Gasteiger partial charge in [-0.25, -0.2) is 0 Å². The van der Waals surface area contributed by atoms with Crippen LogP contribution in [0.2, 0.25) is 0 Å². The van der Waals surface area contributed by atoms with Gasteiger partial charge < -0.3 is 15.4 Å². The van der Waals surface area contributed by atoms with Crippen molar-refractivity contribution in [3.8, 4) is 5.75 Å². The molecule has 0 aliphatic carbocycles. The van der Waals surface area contributed by atoms with Crippen molar-refractivity contribution in [3.63, 3.8) is 0 Å². The first kappa shape index (κ1) is 22.1. The molecule has 5 heteroatoms. The van der Waals surface area contributed by atoms with Crippen LogP contribution in [0, 0.1) is 0 Å². The van der Waals surface area contributed by atoms with Crippen molar-refractivity contribution >= 4 is 17.5 Å². The van der Waals surface area contributed by atoms with Gasteiger partial charge in [0.15, 0.2) is 6.61 Å². The van der Waals surface area contributed by atoms with E-state index in [-0.39, 0.29) is 18.4 Å². The van der Waals surface area contributed by atoms with Crippen LogP contribution in [-0.4, -0.2) is 18.4 Å². The number of anilines is 1. The summed E-state index contributed by atoms with van der Waals surface area (Å²) in [6.07, 6.45) is 0.984. The topological polar surface area (TPSA) is 67.4 Å². The van der Waals surface area contributed by atoms with E-state index in [1.807, 2.05) is 54.6 Å². The highest BCUT2D eigenvalue weighted by atomic mass is 16.5. The van der Waals surface area contributed by atoms with Crippen LogP contribution in [0.5, 0.6) is 5.75 Å². The molecular formula is C26H28N2O3. The number of hydrogen-bond donors (Lipinski definition) is 2. The van der Waals surface area contributed by atoms with Crippen molar-refractivity contribution in [1.82, 2.24) is 5.32 Å². The summed E-state index contributed by atoms with van der Waals surface area (Å²) in [6, 6.07) is 24.4. The Morgan fingerprint density at radius 2 is 1.58 bits per heavy atom. The maximum atomic E-state index is 12.7. The van der Waals surface area contributed by atoms with Gasteiger partial charge in [-0.2, -0.15) is 0 Å². The fourth-order valence-electron chi connectivity index (χ4n) is 3.23. The number of ether oxygens (including phenoxy) is 1. The molecule has 2 N–H and O–H groups in total. The molecule has 3 rings (SSSR count). The minimum atomic E-state index is -0.317. The van der Waals surface area contributed by atoms with E-state index in [9.17, 15) is 9.59 Å². The maximum Gasteiger partial charge on any atom is 0.262 e. The third-order valence-electron chi connectivity index (χ3n) is 5.16. The Balaban J connectivity index is 1.61. The highest BCUT2D eigenvalue weighted by Crippen LogP contribution is 2.28. The molecule has 0 aromatic heterocycles. The summed E-state index contributed by atoms with van der Waals surface area (Å²) in [5.41, 5.74) is 2.95. The van der Waals surface area contributed by atoms with Crippen LogP contribution in [0.25, 0.3) is 0 Å². The SMILES string of the molecule is CCC(C)c1ccccc1OCC(=O)Nc1ccccc1C(=O)NCc1ccccc1. The van der Waals surface area contributed by atoms with Crippen molar-refractivity contribution < 1.29 is 14.3 Å². The Hall–Kier alpha value is -3.60. The number of para-hydroxylation sites is 2. The van der Waals surface area contributed by atoms with Crippen LogP contribution < -0.4 is 15.4 Å². The number of benzene rings is 3. The Morgan fingerprint density at radius 1 is 0.903 bits per heavy atom. The molecule has 2 amide bonds. The molecule has 0 aliphatic rings. The lowest BCUT2D eigenvalue weighted by atomic mass is 9.98. The zero-order chi connectivity index (χ0) is 22.1. The van der Waals surface area contributed by atoms with Gasteiger partial charge in [-0.1, -0.05) is 74.5 Å². The Kier molecular flexibility index (Phi) is 7.82. The average molecular weight is 417 g/mol. The molecule has 0 radical (unpaired) electrons. The van der Waals surface area contributed by atoms with Crippen LogP contribution in [0.4, 0.5) is 5.69 Å². The minimum Gasteiger partial charge on any atom is -0.483 e. The smallest absolute Gasteiger partial charge is 0.262 e. The first-order valence-corrected chi connectivity index (χ1v) is 10.5. The molecule has 3 aromatic rings. The van der Waals surface area contributed by atoms with Gasteiger partial charge in [-0.05, 0) is 41.7 Å². The van der Waals surface area contributed by atoms with E-state index in [1.165, 1.54) is 0 Å². The minimum absolute atomic E-state index is 0.132. The number of carbonyl (C=O) groups is 2. The molecule has 0 fully saturated rings. The zero-order valence-electron chi connectivity index (χ0n) is 17.9. The van der Waals surface area contributed by atoms with Gasteiger partial charge in [0.25, 0.3) is 11.8 Å². The summed E-state index contributed by atoms with van der Waals surface area (Å²) in [4.78, 5) is 25.2. The van der Waals surface area contributed by atoms with E-state index in [0.29, 0.717) is 29.5 Å². The third kappa shape index (κ3) is 6.19. The van der Waals surface area contributed by atoms with Gasteiger partial charge in [-0.15, -0.1) is 0 Å². The lowest BCUT2D eigenvalue weighted by molar-refractivity contribution is -0.118. The van der Waals surface area contributed by atoms with Gasteiger partial charge in [0.2, 0.25) is 0 Å². The van der Waals surface area contributed by atoms with Gasteiger partial charge in [-0.3, -0.25) is 9.59 Å². The predicted octanol–water partition coefficient (Wildman–Crippen LogP) is 5.15. The molecule has 0 saturated carbocycles. The molecule has 31 heavy (non-hydrogen) atoms. The monoisotopic (exact) mass is 416 g/mol. The Morgan fingerprint density at radius 3 is 2.35 bits per heavy atom. The maximum absolute atomic E-state index is 12.7. The molecule has 1 unspecified atom stereocenters. The quantitative estimate of drug-likeness (QED) is 0.507. The molecule has 0 saturated heterocycles. The van der Waals surface area contributed by atoms with Crippen molar-refractivity contribution in [2.75, 3.05) is 11.9 Å². The van der Waals surface area contributed by atoms with E-state index >= 15 is 0 Å². The molecule has 3 aromatic carbocycles. The average Bonchev–Trinajstić information content (AvgIpc) is 2.82. The zero-order valence-corrected chi connectivity index (χ0v) is 17.9. The van der Waals surface area contributed by atoms with Crippen molar-refractivity contribution in [2.45, 2.75) is 32.7 Å². The lowest BCUT2D eigenvalue weighted by Gasteiger charge is -2.16. The van der Waals surface area contributed by atoms with Gasteiger partial charge in [0, 0.05) is 6.54 Å². The van der Waals surface area contributed by atoms with Crippen LogP contribution in [-0.2, 0) is 11.3 Å². The van der Waals surface area contributed by atoms with Gasteiger partial charge in [0.05, 0.1) is 11.3 Å². The van der Waals surface area contributed by atoms with Gasteiger partial charge in [0.1, 0.15) is 5.75 Å². The number of nitrogens with one attached hydrogen (secondary N) is 2. The molecule has 160 valence electrons. The van der Waals surface area contributed by atoms with E-state index in [4.69, 9.17) is 4.74 Å². The van der Waals surface area contributed by atoms with Crippen molar-refractivity contribution in [3.05, 3.63) is 95.6 Å². The summed E-state index contributed by atoms with van der Waals surface area (Å²) in [6.45, 7) is 4.53. The predicted molar refractivity (Wildman–Crippen MR) is 123 cm³/mol. The van der Waals surface area contributed by atoms with Crippen molar-refractivity contribution in [1.29, 1.82) is 0 Å². The number of carbonyl (C=O) groups excluding carboxylic acids is 2. The van der Waals surface area contributed by atoms with Gasteiger partial charge >= 0.3 is 0 Å². The largest absolute Gasteiger partial charge is 0.483 e. The van der Waals surface area contributed by atoms with Crippen LogP contribution in [0.1, 0.15) is 47.7 Å². The van der Waals surface area contributed by atoms with Crippen LogP contribution >= 0.6 is 0 Å². The Bertz CT molecular complexity index is 1020. The lowest BCUT2D eigenvalue weighted by Crippen LogP contribution is -2.26. The fourth-order valence-corrected chi connectivity index (χ4v) is 3.23. The molecule has 0 heterocycles.